The average molecular weight is 446 g/mol. The summed E-state index contributed by atoms with van der Waals surface area (Å²) in [6.07, 6.45) is 5.46. The van der Waals surface area contributed by atoms with Gasteiger partial charge < -0.3 is 15.6 Å². The van der Waals surface area contributed by atoms with Crippen LogP contribution >= 0.6 is 0 Å². The first-order valence-corrected chi connectivity index (χ1v) is 11.1. The molecule has 170 valence electrons. The van der Waals surface area contributed by atoms with Gasteiger partial charge in [0.25, 0.3) is 0 Å². The Morgan fingerprint density at radius 3 is 2.79 bits per heavy atom. The lowest BCUT2D eigenvalue weighted by Crippen LogP contribution is -2.23. The van der Waals surface area contributed by atoms with E-state index >= 15 is 0 Å². The molecule has 0 aliphatic carbocycles. The zero-order chi connectivity index (χ0) is 23.5. The van der Waals surface area contributed by atoms with Crippen LogP contribution in [-0.4, -0.2) is 33.4 Å². The van der Waals surface area contributed by atoms with E-state index in [4.69, 9.17) is 0 Å². The maximum Gasteiger partial charge on any atom is 0.244 e. The van der Waals surface area contributed by atoms with Gasteiger partial charge in [-0.05, 0) is 75.1 Å². The van der Waals surface area contributed by atoms with Crippen molar-refractivity contribution in [1.82, 2.24) is 20.3 Å². The summed E-state index contributed by atoms with van der Waals surface area (Å²) in [7, 11) is 0. The Bertz CT molecular complexity index is 1360. The van der Waals surface area contributed by atoms with Gasteiger partial charge in [0, 0.05) is 35.1 Å². The maximum atomic E-state index is 14.1. The molecule has 0 aliphatic rings. The number of aromatic amines is 1. The minimum absolute atomic E-state index is 0.180. The monoisotopic (exact) mass is 445 g/mol. The molecule has 0 unspecified atom stereocenters. The summed E-state index contributed by atoms with van der Waals surface area (Å²) in [5.41, 5.74) is 5.23. The average Bonchev–Trinajstić information content (AvgIpc) is 3.12. The first-order chi connectivity index (χ1) is 15.8. The molecule has 3 N–H and O–H groups in total. The number of benzene rings is 2. The standard InChI is InChI=1S/C26H28FN5O/c1-15(2)31-26-20-13-18(6-9-22(20)29-14-30-26)7-10-23(33)28-12-11-19-17(4)32-25-21(27)8-5-16(3)24(19)25/h5-10,13-15,32H,11-12H2,1-4H3,(H,28,33)(H,29,30,31)/b10-7+. The molecule has 4 rings (SSSR count). The molecule has 1 amide bonds. The Kier molecular flexibility index (Phi) is 6.40. The summed E-state index contributed by atoms with van der Waals surface area (Å²) in [5, 5.41) is 8.06. The fraction of sp³-hybridized carbons (Fsp3) is 0.269. The van der Waals surface area contributed by atoms with E-state index in [1.165, 1.54) is 12.1 Å². The zero-order valence-electron chi connectivity index (χ0n) is 19.3. The van der Waals surface area contributed by atoms with Gasteiger partial charge in [0.2, 0.25) is 5.91 Å². The summed E-state index contributed by atoms with van der Waals surface area (Å²) in [4.78, 5) is 24.2. The lowest BCUT2D eigenvalue weighted by atomic mass is 10.0. The molecule has 0 saturated heterocycles. The highest BCUT2D eigenvalue weighted by molar-refractivity contribution is 5.94. The Morgan fingerprint density at radius 1 is 1.18 bits per heavy atom. The van der Waals surface area contributed by atoms with Gasteiger partial charge >= 0.3 is 0 Å². The minimum atomic E-state index is -0.260. The summed E-state index contributed by atoms with van der Waals surface area (Å²) < 4.78 is 14.1. The second-order valence-electron chi connectivity index (χ2n) is 8.52. The van der Waals surface area contributed by atoms with Gasteiger partial charge in [-0.15, -0.1) is 0 Å². The number of rotatable bonds is 7. The van der Waals surface area contributed by atoms with Crippen LogP contribution in [0.15, 0.2) is 42.7 Å². The van der Waals surface area contributed by atoms with Gasteiger partial charge in [-0.3, -0.25) is 4.79 Å². The molecule has 0 aliphatic heterocycles. The Hall–Kier alpha value is -3.74. The second kappa shape index (κ2) is 9.40. The van der Waals surface area contributed by atoms with Crippen LogP contribution in [0.2, 0.25) is 0 Å². The molecule has 0 atom stereocenters. The fourth-order valence-corrected chi connectivity index (χ4v) is 4.06. The van der Waals surface area contributed by atoms with Crippen molar-refractivity contribution in [1.29, 1.82) is 0 Å². The smallest absolute Gasteiger partial charge is 0.244 e. The number of halogens is 1. The molecule has 0 fully saturated rings. The normalized spacial score (nSPS) is 11.7. The molecule has 0 bridgehead atoms. The number of aromatic nitrogens is 3. The number of nitrogens with one attached hydrogen (secondary N) is 3. The number of anilines is 1. The molecule has 4 aromatic rings. The van der Waals surface area contributed by atoms with E-state index in [-0.39, 0.29) is 17.8 Å². The lowest BCUT2D eigenvalue weighted by molar-refractivity contribution is -0.116. The number of H-pyrrole nitrogens is 1. The van der Waals surface area contributed by atoms with Crippen LogP contribution in [0.5, 0.6) is 0 Å². The number of carbonyl (C=O) groups is 1. The molecule has 0 saturated carbocycles. The van der Waals surface area contributed by atoms with Crippen molar-refractivity contribution in [3.63, 3.8) is 0 Å². The summed E-state index contributed by atoms with van der Waals surface area (Å²) >= 11 is 0. The third-order valence-electron chi connectivity index (χ3n) is 5.62. The Morgan fingerprint density at radius 2 is 2.00 bits per heavy atom. The van der Waals surface area contributed by atoms with Crippen LogP contribution < -0.4 is 10.6 Å². The predicted octanol–water partition coefficient (Wildman–Crippen LogP) is 5.06. The lowest BCUT2D eigenvalue weighted by Gasteiger charge is -2.11. The first kappa shape index (κ1) is 22.5. The van der Waals surface area contributed by atoms with Gasteiger partial charge in [-0.2, -0.15) is 0 Å². The van der Waals surface area contributed by atoms with Gasteiger partial charge in [-0.25, -0.2) is 14.4 Å². The van der Waals surface area contributed by atoms with Crippen LogP contribution in [0.1, 0.15) is 36.2 Å². The van der Waals surface area contributed by atoms with Gasteiger partial charge in [0.1, 0.15) is 18.0 Å². The molecular formula is C26H28FN5O. The van der Waals surface area contributed by atoms with Crippen molar-refractivity contribution in [2.24, 2.45) is 0 Å². The van der Waals surface area contributed by atoms with E-state index in [1.54, 1.807) is 18.5 Å². The SMILES string of the molecule is Cc1[nH]c2c(F)ccc(C)c2c1CCNC(=O)/C=C/c1ccc2ncnc(NC(C)C)c2c1. The summed E-state index contributed by atoms with van der Waals surface area (Å²) in [6, 6.07) is 9.31. The van der Waals surface area contributed by atoms with E-state index < -0.39 is 0 Å². The van der Waals surface area contributed by atoms with Gasteiger partial charge in [0.05, 0.1) is 11.0 Å². The van der Waals surface area contributed by atoms with E-state index in [0.717, 1.165) is 44.5 Å². The minimum Gasteiger partial charge on any atom is -0.367 e. The highest BCUT2D eigenvalue weighted by atomic mass is 19.1. The maximum absolute atomic E-state index is 14.1. The molecular weight excluding hydrogens is 417 g/mol. The number of fused-ring (bicyclic) bond motifs is 2. The molecule has 2 aromatic heterocycles. The van der Waals surface area contributed by atoms with Crippen LogP contribution in [0.4, 0.5) is 10.2 Å². The second-order valence-corrected chi connectivity index (χ2v) is 8.52. The molecule has 7 heteroatoms. The zero-order valence-corrected chi connectivity index (χ0v) is 19.3. The quantitative estimate of drug-likeness (QED) is 0.347. The van der Waals surface area contributed by atoms with Crippen LogP contribution in [0.3, 0.4) is 0 Å². The van der Waals surface area contributed by atoms with Crippen LogP contribution in [0.25, 0.3) is 27.9 Å². The fourth-order valence-electron chi connectivity index (χ4n) is 4.06. The van der Waals surface area contributed by atoms with Gasteiger partial charge in [0.15, 0.2) is 0 Å². The predicted molar refractivity (Wildman–Crippen MR) is 132 cm³/mol. The van der Waals surface area contributed by atoms with E-state index in [0.29, 0.717) is 18.5 Å². The molecule has 6 nitrogen and oxygen atoms in total. The highest BCUT2D eigenvalue weighted by Gasteiger charge is 2.14. The van der Waals surface area contributed by atoms with Crippen molar-refractivity contribution in [3.05, 3.63) is 70.9 Å². The van der Waals surface area contributed by atoms with Gasteiger partial charge in [-0.1, -0.05) is 12.1 Å². The van der Waals surface area contributed by atoms with Crippen molar-refractivity contribution in [3.8, 4) is 0 Å². The number of nitrogens with zero attached hydrogens (tertiary/aromatic N) is 2. The first-order valence-electron chi connectivity index (χ1n) is 11.1. The van der Waals surface area contributed by atoms with Crippen molar-refractivity contribution in [2.75, 3.05) is 11.9 Å². The molecule has 33 heavy (non-hydrogen) atoms. The van der Waals surface area contributed by atoms with Crippen molar-refractivity contribution >= 4 is 39.6 Å². The molecule has 0 radical (unpaired) electrons. The number of hydrogen-bond acceptors (Lipinski definition) is 4. The summed E-state index contributed by atoms with van der Waals surface area (Å²) in [5.74, 6) is 0.334. The van der Waals surface area contributed by atoms with Crippen LogP contribution in [0, 0.1) is 19.7 Å². The third kappa shape index (κ3) is 4.87. The van der Waals surface area contributed by atoms with Crippen molar-refractivity contribution < 1.29 is 9.18 Å². The van der Waals surface area contributed by atoms with Crippen molar-refractivity contribution in [2.45, 2.75) is 40.2 Å². The van der Waals surface area contributed by atoms with Crippen LogP contribution in [-0.2, 0) is 11.2 Å². The third-order valence-corrected chi connectivity index (χ3v) is 5.62. The summed E-state index contributed by atoms with van der Waals surface area (Å²) in [6.45, 7) is 8.47. The molecule has 2 aromatic carbocycles. The number of aryl methyl sites for hydroxylation is 2. The highest BCUT2D eigenvalue weighted by Crippen LogP contribution is 2.28. The largest absolute Gasteiger partial charge is 0.367 e. The Balaban J connectivity index is 1.43. The van der Waals surface area contributed by atoms with E-state index in [9.17, 15) is 9.18 Å². The number of carbonyl (C=O) groups excluding carboxylic acids is 1. The molecule has 2 heterocycles. The number of hydrogen-bond donors (Lipinski definition) is 3. The van der Waals surface area contributed by atoms with E-state index in [2.05, 4.69) is 39.4 Å². The number of amides is 1. The topological polar surface area (TPSA) is 82.7 Å². The van der Waals surface area contributed by atoms with E-state index in [1.807, 2.05) is 32.0 Å². The molecule has 0 spiro atoms. The Labute approximate surface area is 192 Å².